The van der Waals surface area contributed by atoms with Crippen LogP contribution in [0, 0.1) is 22.7 Å². The monoisotopic (exact) mass is 226 g/mol. The molecule has 1 N–H and O–H groups in total. The second-order valence-corrected chi connectivity index (χ2v) is 5.44. The molecule has 1 saturated carbocycles. The van der Waals surface area contributed by atoms with Crippen molar-refractivity contribution in [3.05, 3.63) is 29.8 Å². The summed E-state index contributed by atoms with van der Waals surface area (Å²) in [6, 6.07) is 11.0. The van der Waals surface area contributed by atoms with Crippen molar-refractivity contribution in [3.63, 3.8) is 0 Å². The standard InChI is InChI=1S/C15H18N2/c16-10-15(13-6-2-3-7-13)9-12-5-1-4-8-14(12)17-11-15/h1,4-5,8,13,17H,2-3,6-7,9,11H2. The average Bonchev–Trinajstić information content (AvgIpc) is 2.92. The molecule has 0 amide bonds. The van der Waals surface area contributed by atoms with Crippen molar-refractivity contribution in [2.75, 3.05) is 11.9 Å². The molecular formula is C15H18N2. The van der Waals surface area contributed by atoms with E-state index in [-0.39, 0.29) is 5.41 Å². The molecule has 88 valence electrons. The van der Waals surface area contributed by atoms with Gasteiger partial charge in [0.15, 0.2) is 0 Å². The number of rotatable bonds is 1. The SMILES string of the molecule is N#CC1(C2CCCC2)CNc2ccccc2C1. The maximum absolute atomic E-state index is 9.64. The normalized spacial score (nSPS) is 28.2. The Kier molecular flexibility index (Phi) is 2.55. The molecule has 0 radical (unpaired) electrons. The quantitative estimate of drug-likeness (QED) is 0.797. The van der Waals surface area contributed by atoms with Crippen molar-refractivity contribution in [3.8, 4) is 6.07 Å². The third kappa shape index (κ3) is 1.70. The number of fused-ring (bicyclic) bond motifs is 1. The first kappa shape index (κ1) is 10.7. The lowest BCUT2D eigenvalue weighted by molar-refractivity contribution is 0.251. The van der Waals surface area contributed by atoms with E-state index in [9.17, 15) is 5.26 Å². The summed E-state index contributed by atoms with van der Waals surface area (Å²) in [6.07, 6.45) is 6.00. The summed E-state index contributed by atoms with van der Waals surface area (Å²) in [5.74, 6) is 0.591. The van der Waals surface area contributed by atoms with Gasteiger partial charge in [0.05, 0.1) is 11.5 Å². The van der Waals surface area contributed by atoms with Gasteiger partial charge in [0.25, 0.3) is 0 Å². The largest absolute Gasteiger partial charge is 0.383 e. The molecular weight excluding hydrogens is 208 g/mol. The number of hydrogen-bond donors (Lipinski definition) is 1. The number of hydrogen-bond acceptors (Lipinski definition) is 2. The smallest absolute Gasteiger partial charge is 0.0814 e. The number of nitrogens with one attached hydrogen (secondary N) is 1. The molecule has 3 rings (SSSR count). The van der Waals surface area contributed by atoms with E-state index >= 15 is 0 Å². The third-order valence-corrected chi connectivity index (χ3v) is 4.48. The molecule has 0 saturated heterocycles. The first-order valence-electron chi connectivity index (χ1n) is 6.57. The lowest BCUT2D eigenvalue weighted by atomic mass is 9.69. The average molecular weight is 226 g/mol. The Balaban J connectivity index is 1.92. The van der Waals surface area contributed by atoms with Crippen LogP contribution in [0.1, 0.15) is 31.2 Å². The van der Waals surface area contributed by atoms with Crippen LogP contribution in [0.3, 0.4) is 0 Å². The Morgan fingerprint density at radius 3 is 2.76 bits per heavy atom. The molecule has 2 nitrogen and oxygen atoms in total. The summed E-state index contributed by atoms with van der Waals surface area (Å²) >= 11 is 0. The summed E-state index contributed by atoms with van der Waals surface area (Å²) in [7, 11) is 0. The molecule has 1 aliphatic heterocycles. The topological polar surface area (TPSA) is 35.8 Å². The molecule has 17 heavy (non-hydrogen) atoms. The van der Waals surface area contributed by atoms with Gasteiger partial charge in [-0.15, -0.1) is 0 Å². The van der Waals surface area contributed by atoms with Crippen LogP contribution in [0.4, 0.5) is 5.69 Å². The minimum Gasteiger partial charge on any atom is -0.383 e. The zero-order valence-electron chi connectivity index (χ0n) is 10.1. The van der Waals surface area contributed by atoms with Crippen LogP contribution in [-0.4, -0.2) is 6.54 Å². The number of nitriles is 1. The van der Waals surface area contributed by atoms with Crippen molar-refractivity contribution in [1.29, 1.82) is 5.26 Å². The highest BCUT2D eigenvalue weighted by Gasteiger charge is 2.42. The molecule has 0 spiro atoms. The minimum absolute atomic E-state index is 0.162. The summed E-state index contributed by atoms with van der Waals surface area (Å²) < 4.78 is 0. The van der Waals surface area contributed by atoms with Gasteiger partial charge in [-0.25, -0.2) is 0 Å². The molecule has 1 unspecified atom stereocenters. The predicted octanol–water partition coefficient (Wildman–Crippen LogP) is 3.35. The van der Waals surface area contributed by atoms with E-state index in [2.05, 4.69) is 35.7 Å². The lowest BCUT2D eigenvalue weighted by Gasteiger charge is -2.37. The highest BCUT2D eigenvalue weighted by Crippen LogP contribution is 2.45. The van der Waals surface area contributed by atoms with E-state index in [1.807, 2.05) is 0 Å². The van der Waals surface area contributed by atoms with Gasteiger partial charge in [-0.1, -0.05) is 31.0 Å². The third-order valence-electron chi connectivity index (χ3n) is 4.48. The van der Waals surface area contributed by atoms with Gasteiger partial charge in [-0.05, 0) is 36.8 Å². The van der Waals surface area contributed by atoms with Crippen LogP contribution in [0.25, 0.3) is 0 Å². The zero-order chi connectivity index (χ0) is 11.7. The van der Waals surface area contributed by atoms with Gasteiger partial charge in [0, 0.05) is 12.2 Å². The van der Waals surface area contributed by atoms with Crippen molar-refractivity contribution in [2.45, 2.75) is 32.1 Å². The fourth-order valence-electron chi connectivity index (χ4n) is 3.44. The second kappa shape index (κ2) is 4.07. The summed E-state index contributed by atoms with van der Waals surface area (Å²) in [5, 5.41) is 13.1. The van der Waals surface area contributed by atoms with Crippen LogP contribution in [0.15, 0.2) is 24.3 Å². The van der Waals surface area contributed by atoms with E-state index in [1.165, 1.54) is 36.9 Å². The fraction of sp³-hybridized carbons (Fsp3) is 0.533. The molecule has 1 heterocycles. The van der Waals surface area contributed by atoms with Crippen molar-refractivity contribution in [1.82, 2.24) is 0 Å². The Labute approximate surface area is 103 Å². The van der Waals surface area contributed by atoms with Gasteiger partial charge < -0.3 is 5.32 Å². The van der Waals surface area contributed by atoms with Gasteiger partial charge in [0.2, 0.25) is 0 Å². The van der Waals surface area contributed by atoms with Crippen molar-refractivity contribution in [2.24, 2.45) is 11.3 Å². The molecule has 1 fully saturated rings. The summed E-state index contributed by atoms with van der Waals surface area (Å²) in [5.41, 5.74) is 2.37. The molecule has 1 aromatic carbocycles. The number of nitrogens with zero attached hydrogens (tertiary/aromatic N) is 1. The highest BCUT2D eigenvalue weighted by molar-refractivity contribution is 5.54. The maximum atomic E-state index is 9.64. The van der Waals surface area contributed by atoms with E-state index in [0.717, 1.165) is 13.0 Å². The van der Waals surface area contributed by atoms with E-state index in [1.54, 1.807) is 0 Å². The van der Waals surface area contributed by atoms with Crippen LogP contribution < -0.4 is 5.32 Å². The first-order chi connectivity index (χ1) is 8.34. The molecule has 2 heteroatoms. The minimum atomic E-state index is -0.162. The molecule has 0 bridgehead atoms. The van der Waals surface area contributed by atoms with Gasteiger partial charge >= 0.3 is 0 Å². The lowest BCUT2D eigenvalue weighted by Crippen LogP contribution is -2.40. The summed E-state index contributed by atoms with van der Waals surface area (Å²) in [4.78, 5) is 0. The number of anilines is 1. The van der Waals surface area contributed by atoms with Gasteiger partial charge in [0.1, 0.15) is 0 Å². The number of para-hydroxylation sites is 1. The van der Waals surface area contributed by atoms with E-state index in [0.29, 0.717) is 5.92 Å². The number of benzene rings is 1. The van der Waals surface area contributed by atoms with Crippen molar-refractivity contribution < 1.29 is 0 Å². The van der Waals surface area contributed by atoms with Crippen LogP contribution >= 0.6 is 0 Å². The highest BCUT2D eigenvalue weighted by atomic mass is 14.9. The second-order valence-electron chi connectivity index (χ2n) is 5.44. The fourth-order valence-corrected chi connectivity index (χ4v) is 3.44. The Morgan fingerprint density at radius 2 is 2.00 bits per heavy atom. The molecule has 2 aliphatic rings. The summed E-state index contributed by atoms with van der Waals surface area (Å²) in [6.45, 7) is 0.825. The Bertz CT molecular complexity index is 454. The van der Waals surface area contributed by atoms with Gasteiger partial charge in [-0.3, -0.25) is 0 Å². The van der Waals surface area contributed by atoms with Crippen LogP contribution in [0.2, 0.25) is 0 Å². The Hall–Kier alpha value is -1.49. The Morgan fingerprint density at radius 1 is 1.24 bits per heavy atom. The first-order valence-corrected chi connectivity index (χ1v) is 6.57. The van der Waals surface area contributed by atoms with Crippen molar-refractivity contribution >= 4 is 5.69 Å². The predicted molar refractivity (Wildman–Crippen MR) is 68.6 cm³/mol. The van der Waals surface area contributed by atoms with Gasteiger partial charge in [-0.2, -0.15) is 5.26 Å². The molecule has 1 atom stereocenters. The van der Waals surface area contributed by atoms with Crippen LogP contribution in [-0.2, 0) is 6.42 Å². The maximum Gasteiger partial charge on any atom is 0.0814 e. The van der Waals surface area contributed by atoms with Crippen LogP contribution in [0.5, 0.6) is 0 Å². The molecule has 1 aliphatic carbocycles. The molecule has 1 aromatic rings. The zero-order valence-corrected chi connectivity index (χ0v) is 10.1. The van der Waals surface area contributed by atoms with E-state index in [4.69, 9.17) is 0 Å². The molecule has 0 aromatic heterocycles. The van der Waals surface area contributed by atoms with E-state index < -0.39 is 0 Å².